The van der Waals surface area contributed by atoms with Gasteiger partial charge in [-0.2, -0.15) is 18.2 Å². The molecule has 2 aromatic heterocycles. The van der Waals surface area contributed by atoms with Crippen LogP contribution in [0.5, 0.6) is 0 Å². The topological polar surface area (TPSA) is 102 Å². The van der Waals surface area contributed by atoms with Gasteiger partial charge < -0.3 is 14.4 Å². The van der Waals surface area contributed by atoms with Crippen LogP contribution in [0.2, 0.25) is 0 Å². The molecule has 8 nitrogen and oxygen atoms in total. The molecule has 2 aromatic rings. The van der Waals surface area contributed by atoms with Crippen molar-refractivity contribution in [2.75, 3.05) is 13.1 Å². The van der Waals surface area contributed by atoms with Crippen molar-refractivity contribution in [3.8, 4) is 0 Å². The molecule has 0 bridgehead atoms. The van der Waals surface area contributed by atoms with E-state index in [-0.39, 0.29) is 6.10 Å². The Hall–Kier alpha value is -2.05. The van der Waals surface area contributed by atoms with Gasteiger partial charge in [0.1, 0.15) is 0 Å². The third-order valence-electron chi connectivity index (χ3n) is 4.66. The third-order valence-corrected chi connectivity index (χ3v) is 5.48. The van der Waals surface area contributed by atoms with E-state index < -0.39 is 12.1 Å². The minimum Gasteiger partial charge on any atom is -0.475 e. The summed E-state index contributed by atoms with van der Waals surface area (Å²) in [6.07, 6.45) is -2.70. The van der Waals surface area contributed by atoms with Crippen LogP contribution in [0.25, 0.3) is 0 Å². The summed E-state index contributed by atoms with van der Waals surface area (Å²) in [7, 11) is 0. The van der Waals surface area contributed by atoms with Gasteiger partial charge in [0, 0.05) is 30.9 Å². The average Bonchev–Trinajstić information content (AvgIpc) is 3.34. The Morgan fingerprint density at radius 1 is 1.34 bits per heavy atom. The number of rotatable bonds is 4. The molecule has 0 saturated carbocycles. The molecule has 2 aliphatic rings. The fourth-order valence-electron chi connectivity index (χ4n) is 3.54. The van der Waals surface area contributed by atoms with Crippen LogP contribution in [-0.4, -0.2) is 62.6 Å². The Bertz CT molecular complexity index is 773. The van der Waals surface area contributed by atoms with E-state index in [2.05, 4.69) is 32.3 Å². The number of aliphatic carboxylic acids is 1. The molecule has 0 amide bonds. The van der Waals surface area contributed by atoms with Crippen LogP contribution in [0.3, 0.4) is 0 Å². The number of fused-ring (bicyclic) bond motifs is 1. The van der Waals surface area contributed by atoms with Crippen LogP contribution in [0.1, 0.15) is 28.8 Å². The van der Waals surface area contributed by atoms with Gasteiger partial charge in [-0.05, 0) is 20.3 Å². The number of carboxylic acids is 1. The zero-order valence-electron chi connectivity index (χ0n) is 15.8. The van der Waals surface area contributed by atoms with Crippen LogP contribution in [0.15, 0.2) is 9.90 Å². The largest absolute Gasteiger partial charge is 0.490 e. The summed E-state index contributed by atoms with van der Waals surface area (Å²) < 4.78 is 43.1. The summed E-state index contributed by atoms with van der Waals surface area (Å²) in [5.41, 5.74) is 1.18. The molecule has 160 valence electrons. The predicted molar refractivity (Wildman–Crippen MR) is 95.3 cm³/mol. The Labute approximate surface area is 168 Å². The van der Waals surface area contributed by atoms with Crippen molar-refractivity contribution in [2.24, 2.45) is 5.92 Å². The third kappa shape index (κ3) is 5.97. The summed E-state index contributed by atoms with van der Waals surface area (Å²) in [5, 5.41) is 14.3. The maximum Gasteiger partial charge on any atom is 0.490 e. The molecular formula is C17H21F3N4O4S. The van der Waals surface area contributed by atoms with Crippen LogP contribution in [-0.2, 0) is 22.5 Å². The molecule has 2 saturated heterocycles. The second kappa shape index (κ2) is 8.76. The number of thiazole rings is 1. The van der Waals surface area contributed by atoms with Crippen molar-refractivity contribution in [3.63, 3.8) is 0 Å². The molecule has 0 spiro atoms. The quantitative estimate of drug-likeness (QED) is 0.784. The molecule has 12 heteroatoms. The van der Waals surface area contributed by atoms with Crippen LogP contribution >= 0.6 is 11.3 Å². The zero-order chi connectivity index (χ0) is 21.2. The second-order valence-corrected chi connectivity index (χ2v) is 8.15. The monoisotopic (exact) mass is 434 g/mol. The van der Waals surface area contributed by atoms with Crippen LogP contribution in [0.4, 0.5) is 13.2 Å². The minimum atomic E-state index is -5.08. The molecule has 2 aliphatic heterocycles. The van der Waals surface area contributed by atoms with E-state index in [1.807, 2.05) is 6.92 Å². The fraction of sp³-hybridized carbons (Fsp3) is 0.647. The Morgan fingerprint density at radius 3 is 2.59 bits per heavy atom. The molecule has 4 rings (SSSR count). The molecule has 4 heterocycles. The number of carboxylic acid groups (broad SMARTS) is 1. The maximum absolute atomic E-state index is 10.6. The highest BCUT2D eigenvalue weighted by Gasteiger charge is 2.42. The smallest absolute Gasteiger partial charge is 0.475 e. The van der Waals surface area contributed by atoms with E-state index in [1.165, 1.54) is 5.69 Å². The van der Waals surface area contributed by atoms with Gasteiger partial charge in [-0.15, -0.1) is 11.3 Å². The molecule has 3 atom stereocenters. The first kappa shape index (κ1) is 21.7. The summed E-state index contributed by atoms with van der Waals surface area (Å²) in [5.74, 6) is -0.753. The maximum atomic E-state index is 10.6. The van der Waals surface area contributed by atoms with Crippen molar-refractivity contribution in [3.05, 3.63) is 27.8 Å². The lowest BCUT2D eigenvalue weighted by Crippen LogP contribution is -2.25. The van der Waals surface area contributed by atoms with E-state index in [0.717, 1.165) is 37.5 Å². The summed E-state index contributed by atoms with van der Waals surface area (Å²) in [6, 6.07) is 0. The van der Waals surface area contributed by atoms with E-state index in [1.54, 1.807) is 11.3 Å². The van der Waals surface area contributed by atoms with Crippen molar-refractivity contribution in [2.45, 2.75) is 51.6 Å². The zero-order valence-corrected chi connectivity index (χ0v) is 16.7. The number of halogens is 3. The van der Waals surface area contributed by atoms with Gasteiger partial charge in [-0.25, -0.2) is 9.78 Å². The van der Waals surface area contributed by atoms with E-state index >= 15 is 0 Å². The van der Waals surface area contributed by atoms with Gasteiger partial charge >= 0.3 is 12.1 Å². The van der Waals surface area contributed by atoms with Gasteiger partial charge in [-0.3, -0.25) is 4.90 Å². The number of hydrogen-bond donors (Lipinski definition) is 1. The molecule has 0 radical (unpaired) electrons. The summed E-state index contributed by atoms with van der Waals surface area (Å²) in [6.45, 7) is 6.94. The lowest BCUT2D eigenvalue weighted by atomic mass is 10.0. The van der Waals surface area contributed by atoms with Crippen molar-refractivity contribution >= 4 is 17.3 Å². The molecular weight excluding hydrogens is 413 g/mol. The number of aryl methyl sites for hydroxylation is 2. The lowest BCUT2D eigenvalue weighted by molar-refractivity contribution is -0.192. The van der Waals surface area contributed by atoms with Crippen molar-refractivity contribution in [1.82, 2.24) is 20.0 Å². The van der Waals surface area contributed by atoms with Gasteiger partial charge in [0.15, 0.2) is 5.82 Å². The molecule has 0 aromatic carbocycles. The molecule has 0 unspecified atom stereocenters. The Balaban J connectivity index is 0.000000298. The van der Waals surface area contributed by atoms with Gasteiger partial charge in [0.25, 0.3) is 0 Å². The number of nitrogens with zero attached hydrogens (tertiary/aromatic N) is 4. The standard InChI is InChI=1S/C15H20N4O2S.C2HF3O2/c1-9-16-15(21-18-9)4-13-3-11-5-19(7-14(11)20-13)6-12-8-22-10(2)17-12;3-2(4,5)1(6)7/h8,11,13-14H,3-7H2,1-2H3;(H,6,7)/t11-,13+,14+;/m0./s1. The second-order valence-electron chi connectivity index (χ2n) is 7.09. The summed E-state index contributed by atoms with van der Waals surface area (Å²) >= 11 is 1.72. The van der Waals surface area contributed by atoms with Crippen LogP contribution < -0.4 is 0 Å². The first-order valence-electron chi connectivity index (χ1n) is 8.98. The molecule has 1 N–H and O–H groups in total. The van der Waals surface area contributed by atoms with Crippen molar-refractivity contribution < 1.29 is 32.3 Å². The number of aromatic nitrogens is 3. The van der Waals surface area contributed by atoms with Gasteiger partial charge in [0.2, 0.25) is 5.89 Å². The Morgan fingerprint density at radius 2 is 2.07 bits per heavy atom. The molecule has 2 fully saturated rings. The highest BCUT2D eigenvalue weighted by Crippen LogP contribution is 2.34. The molecule has 29 heavy (non-hydrogen) atoms. The molecule has 0 aliphatic carbocycles. The SMILES string of the molecule is Cc1noc(C[C@H]2C[C@H]3CN(Cc4csc(C)n4)C[C@H]3O2)n1.O=C(O)C(F)(F)F. The first-order chi connectivity index (χ1) is 13.6. The number of carbonyl (C=O) groups is 1. The number of alkyl halides is 3. The van der Waals surface area contributed by atoms with E-state index in [9.17, 15) is 13.2 Å². The number of hydrogen-bond acceptors (Lipinski definition) is 8. The minimum absolute atomic E-state index is 0.221. The fourth-order valence-corrected chi connectivity index (χ4v) is 4.14. The van der Waals surface area contributed by atoms with E-state index in [4.69, 9.17) is 19.2 Å². The number of likely N-dealkylation sites (tertiary alicyclic amines) is 1. The van der Waals surface area contributed by atoms with Gasteiger partial charge in [0.05, 0.1) is 29.3 Å². The van der Waals surface area contributed by atoms with Gasteiger partial charge in [-0.1, -0.05) is 5.16 Å². The number of ether oxygens (including phenoxy) is 1. The van der Waals surface area contributed by atoms with Crippen LogP contribution in [0, 0.1) is 19.8 Å². The highest BCUT2D eigenvalue weighted by molar-refractivity contribution is 7.09. The van der Waals surface area contributed by atoms with Crippen molar-refractivity contribution in [1.29, 1.82) is 0 Å². The Kier molecular flexibility index (Phi) is 6.54. The van der Waals surface area contributed by atoms with E-state index in [0.29, 0.717) is 23.7 Å². The average molecular weight is 434 g/mol. The predicted octanol–water partition coefficient (Wildman–Crippen LogP) is 2.61. The first-order valence-corrected chi connectivity index (χ1v) is 9.86. The lowest BCUT2D eigenvalue weighted by Gasteiger charge is -2.17. The normalized spacial score (nSPS) is 24.2. The summed E-state index contributed by atoms with van der Waals surface area (Å²) in [4.78, 5) is 20.2. The highest BCUT2D eigenvalue weighted by atomic mass is 32.1.